The summed E-state index contributed by atoms with van der Waals surface area (Å²) in [4.78, 5) is 32.7. The summed E-state index contributed by atoms with van der Waals surface area (Å²) in [6.45, 7) is 2.93. The first kappa shape index (κ1) is 22.6. The first-order chi connectivity index (χ1) is 15.0. The van der Waals surface area contributed by atoms with E-state index in [1.807, 2.05) is 6.07 Å². The Bertz CT molecular complexity index is 1120. The number of amides is 1. The predicted octanol–water partition coefficient (Wildman–Crippen LogP) is 3.03. The fourth-order valence-electron chi connectivity index (χ4n) is 3.49. The van der Waals surface area contributed by atoms with E-state index < -0.39 is 11.9 Å². The van der Waals surface area contributed by atoms with Gasteiger partial charge < -0.3 is 14.4 Å². The zero-order chi connectivity index (χ0) is 22.4. The smallest absolute Gasteiger partial charge is 0.261 e. The molecule has 31 heavy (non-hydrogen) atoms. The van der Waals surface area contributed by atoms with Gasteiger partial charge >= 0.3 is 0 Å². The van der Waals surface area contributed by atoms with E-state index in [9.17, 15) is 14.0 Å². The van der Waals surface area contributed by atoms with Gasteiger partial charge in [-0.05, 0) is 37.3 Å². The summed E-state index contributed by atoms with van der Waals surface area (Å²) in [5.74, 6) is -0.433. The topological polar surface area (TPSA) is 73.7 Å². The number of fused-ring (bicyclic) bond motifs is 1. The van der Waals surface area contributed by atoms with E-state index >= 15 is 0 Å². The third kappa shape index (κ3) is 4.98. The summed E-state index contributed by atoms with van der Waals surface area (Å²) in [5.41, 5.74) is 0.567. The van der Waals surface area contributed by atoms with E-state index in [1.165, 1.54) is 34.8 Å². The molecule has 7 nitrogen and oxygen atoms in total. The van der Waals surface area contributed by atoms with Gasteiger partial charge in [0.1, 0.15) is 11.6 Å². The molecular weight excluding hydrogens is 401 g/mol. The number of para-hydroxylation sites is 1. The van der Waals surface area contributed by atoms with Crippen LogP contribution in [0, 0.1) is 5.82 Å². The quantitative estimate of drug-likeness (QED) is 0.525. The normalized spacial score (nSPS) is 12.1. The van der Waals surface area contributed by atoms with Crippen molar-refractivity contribution < 1.29 is 18.7 Å². The number of benzene rings is 2. The van der Waals surface area contributed by atoms with Crippen LogP contribution in [0.5, 0.6) is 0 Å². The molecule has 8 heteroatoms. The number of ether oxygens (including phenoxy) is 2. The second kappa shape index (κ2) is 10.3. The number of carbonyl (C=O) groups excluding carboxylic acids is 1. The van der Waals surface area contributed by atoms with Crippen molar-refractivity contribution in [2.75, 3.05) is 34.0 Å². The minimum Gasteiger partial charge on any atom is -0.383 e. The van der Waals surface area contributed by atoms with Crippen molar-refractivity contribution in [2.45, 2.75) is 19.5 Å². The van der Waals surface area contributed by atoms with Gasteiger partial charge in [0.2, 0.25) is 0 Å². The minimum absolute atomic E-state index is 0.200. The molecule has 0 saturated carbocycles. The van der Waals surface area contributed by atoms with E-state index in [2.05, 4.69) is 0 Å². The molecule has 0 radical (unpaired) electrons. The fraction of sp³-hybridized carbons (Fsp3) is 0.348. The number of nitrogens with zero attached hydrogens (tertiary/aromatic N) is 3. The van der Waals surface area contributed by atoms with Gasteiger partial charge in [-0.3, -0.25) is 14.2 Å². The molecular formula is C23H26FN3O4. The van der Waals surface area contributed by atoms with Crippen LogP contribution in [0.2, 0.25) is 0 Å². The predicted molar refractivity (Wildman–Crippen MR) is 116 cm³/mol. The van der Waals surface area contributed by atoms with Crippen LogP contribution < -0.4 is 5.56 Å². The lowest BCUT2D eigenvalue weighted by molar-refractivity contribution is 0.0600. The van der Waals surface area contributed by atoms with Crippen molar-refractivity contribution >= 4 is 16.8 Å². The Morgan fingerprint density at radius 2 is 1.87 bits per heavy atom. The zero-order valence-corrected chi connectivity index (χ0v) is 17.9. The summed E-state index contributed by atoms with van der Waals surface area (Å²) in [5, 5.41) is 0.495. The molecule has 0 N–H and O–H groups in total. The lowest BCUT2D eigenvalue weighted by Crippen LogP contribution is -2.40. The van der Waals surface area contributed by atoms with Crippen LogP contribution in [0.4, 0.5) is 4.39 Å². The number of rotatable bonds is 9. The number of halogens is 1. The third-order valence-electron chi connectivity index (χ3n) is 5.12. The van der Waals surface area contributed by atoms with E-state index in [4.69, 9.17) is 14.5 Å². The maximum absolute atomic E-state index is 13.7. The largest absolute Gasteiger partial charge is 0.383 e. The summed E-state index contributed by atoms with van der Waals surface area (Å²) in [7, 11) is 3.10. The van der Waals surface area contributed by atoms with Crippen molar-refractivity contribution in [3.05, 3.63) is 76.1 Å². The molecule has 3 rings (SSSR count). The highest BCUT2D eigenvalue weighted by atomic mass is 19.1. The number of hydrogen-bond donors (Lipinski definition) is 0. The van der Waals surface area contributed by atoms with Crippen LogP contribution in [0.15, 0.2) is 53.3 Å². The monoisotopic (exact) mass is 427 g/mol. The second-order valence-corrected chi connectivity index (χ2v) is 7.11. The Balaban J connectivity index is 2.10. The van der Waals surface area contributed by atoms with E-state index in [0.717, 1.165) is 0 Å². The molecule has 1 heterocycles. The third-order valence-corrected chi connectivity index (χ3v) is 5.12. The molecule has 0 spiro atoms. The fourth-order valence-corrected chi connectivity index (χ4v) is 3.49. The number of hydrogen-bond acceptors (Lipinski definition) is 5. The first-order valence-corrected chi connectivity index (χ1v) is 10.0. The minimum atomic E-state index is -0.569. The highest BCUT2D eigenvalue weighted by molar-refractivity contribution is 5.94. The van der Waals surface area contributed by atoms with Crippen molar-refractivity contribution in [1.82, 2.24) is 14.5 Å². The molecule has 0 bridgehead atoms. The molecule has 0 saturated heterocycles. The highest BCUT2D eigenvalue weighted by Gasteiger charge is 2.27. The van der Waals surface area contributed by atoms with Crippen LogP contribution >= 0.6 is 0 Å². The van der Waals surface area contributed by atoms with Crippen molar-refractivity contribution in [3.63, 3.8) is 0 Å². The zero-order valence-electron chi connectivity index (χ0n) is 17.9. The molecule has 3 aromatic rings. The Morgan fingerprint density at radius 3 is 2.58 bits per heavy atom. The Labute approximate surface area is 180 Å². The van der Waals surface area contributed by atoms with Gasteiger partial charge in [-0.1, -0.05) is 18.2 Å². The van der Waals surface area contributed by atoms with Crippen LogP contribution in [0.1, 0.15) is 29.1 Å². The van der Waals surface area contributed by atoms with Crippen LogP contribution in [0.25, 0.3) is 10.9 Å². The van der Waals surface area contributed by atoms with Crippen molar-refractivity contribution in [3.8, 4) is 0 Å². The van der Waals surface area contributed by atoms with Crippen LogP contribution in [0.3, 0.4) is 0 Å². The van der Waals surface area contributed by atoms with E-state index in [-0.39, 0.29) is 30.2 Å². The number of aromatic nitrogens is 2. The summed E-state index contributed by atoms with van der Waals surface area (Å²) < 4.78 is 25.6. The maximum atomic E-state index is 13.7. The highest BCUT2D eigenvalue weighted by Crippen LogP contribution is 2.22. The van der Waals surface area contributed by atoms with Gasteiger partial charge in [-0.15, -0.1) is 0 Å². The lowest BCUT2D eigenvalue weighted by atomic mass is 10.1. The van der Waals surface area contributed by atoms with Crippen LogP contribution in [-0.4, -0.2) is 54.3 Å². The Kier molecular flexibility index (Phi) is 7.49. The molecule has 2 aromatic carbocycles. The standard InChI is InChI=1S/C23H26FN3O4/c1-16(26(11-13-30-2)22(28)17-7-6-8-18(24)15-17)21-25-20-10-5-4-9-19(20)23(29)27(21)12-14-31-3/h4-10,15-16H,11-14H2,1-3H3. The molecule has 0 aliphatic rings. The second-order valence-electron chi connectivity index (χ2n) is 7.11. The number of carbonyl (C=O) groups is 1. The summed E-state index contributed by atoms with van der Waals surface area (Å²) in [6.07, 6.45) is 0. The molecule has 1 atom stereocenters. The van der Waals surface area contributed by atoms with Gasteiger partial charge in [0.25, 0.3) is 11.5 Å². The average molecular weight is 427 g/mol. The Morgan fingerprint density at radius 1 is 1.13 bits per heavy atom. The molecule has 0 aliphatic heterocycles. The first-order valence-electron chi connectivity index (χ1n) is 10.0. The lowest BCUT2D eigenvalue weighted by Gasteiger charge is -2.30. The van der Waals surface area contributed by atoms with Crippen molar-refractivity contribution in [2.24, 2.45) is 0 Å². The Hall–Kier alpha value is -3.10. The SMILES string of the molecule is COCCN(C(=O)c1cccc(F)c1)C(C)c1nc2ccccc2c(=O)n1CCOC. The van der Waals surface area contributed by atoms with Gasteiger partial charge in [0.05, 0.1) is 36.7 Å². The van der Waals surface area contributed by atoms with Crippen molar-refractivity contribution in [1.29, 1.82) is 0 Å². The van der Waals surface area contributed by atoms with E-state index in [1.54, 1.807) is 38.3 Å². The van der Waals surface area contributed by atoms with Gasteiger partial charge in [-0.25, -0.2) is 9.37 Å². The molecule has 1 aromatic heterocycles. The van der Waals surface area contributed by atoms with Gasteiger partial charge in [0, 0.05) is 26.3 Å². The van der Waals surface area contributed by atoms with E-state index in [0.29, 0.717) is 29.9 Å². The molecule has 1 amide bonds. The molecule has 1 unspecified atom stereocenters. The average Bonchev–Trinajstić information content (AvgIpc) is 2.78. The van der Waals surface area contributed by atoms with Gasteiger partial charge in [-0.2, -0.15) is 0 Å². The molecule has 0 fully saturated rings. The van der Waals surface area contributed by atoms with Crippen LogP contribution in [-0.2, 0) is 16.0 Å². The maximum Gasteiger partial charge on any atom is 0.261 e. The molecule has 164 valence electrons. The number of methoxy groups -OCH3 is 2. The summed E-state index contributed by atoms with van der Waals surface area (Å²) in [6, 6.07) is 12.0. The van der Waals surface area contributed by atoms with Gasteiger partial charge in [0.15, 0.2) is 0 Å². The summed E-state index contributed by atoms with van der Waals surface area (Å²) >= 11 is 0. The molecule has 0 aliphatic carbocycles.